The van der Waals surface area contributed by atoms with E-state index >= 15 is 0 Å². The van der Waals surface area contributed by atoms with Gasteiger partial charge in [-0.3, -0.25) is 0 Å². The van der Waals surface area contributed by atoms with E-state index in [9.17, 15) is 0 Å². The summed E-state index contributed by atoms with van der Waals surface area (Å²) in [6.45, 7) is 1.07. The molecule has 2 atom stereocenters. The zero-order chi connectivity index (χ0) is 16.3. The predicted molar refractivity (Wildman–Crippen MR) is 97.8 cm³/mol. The average Bonchev–Trinajstić information content (AvgIpc) is 3.04. The van der Waals surface area contributed by atoms with E-state index in [0.717, 1.165) is 35.4 Å². The highest BCUT2D eigenvalue weighted by molar-refractivity contribution is 6.35. The van der Waals surface area contributed by atoms with E-state index in [1.54, 1.807) is 6.33 Å². The highest BCUT2D eigenvalue weighted by Crippen LogP contribution is 2.45. The molecule has 3 aromatic rings. The lowest BCUT2D eigenvalue weighted by atomic mass is 9.74. The topological polar surface area (TPSA) is 31.9 Å². The van der Waals surface area contributed by atoms with Crippen molar-refractivity contribution in [3.8, 4) is 0 Å². The molecule has 1 N–H and O–H groups in total. The molecule has 2 aliphatic rings. The highest BCUT2D eigenvalue weighted by atomic mass is 35.5. The van der Waals surface area contributed by atoms with Gasteiger partial charge in [0, 0.05) is 18.5 Å². The number of rotatable bonds is 0. The Morgan fingerprint density at radius 3 is 3.00 bits per heavy atom. The lowest BCUT2D eigenvalue weighted by Crippen LogP contribution is -2.39. The van der Waals surface area contributed by atoms with E-state index in [1.165, 1.54) is 28.7 Å². The molecular formula is C20H20ClN3. The van der Waals surface area contributed by atoms with Crippen molar-refractivity contribution in [1.82, 2.24) is 14.9 Å². The lowest BCUT2D eigenvalue weighted by molar-refractivity contribution is 0.214. The van der Waals surface area contributed by atoms with Crippen molar-refractivity contribution in [2.75, 3.05) is 13.6 Å². The van der Waals surface area contributed by atoms with Crippen LogP contribution in [0.25, 0.3) is 11.0 Å². The number of hydrogen-bond donors (Lipinski definition) is 1. The summed E-state index contributed by atoms with van der Waals surface area (Å²) in [7, 11) is 2.26. The maximum atomic E-state index is 6.52. The molecule has 2 heterocycles. The van der Waals surface area contributed by atoms with Gasteiger partial charge in [-0.05, 0) is 54.6 Å². The van der Waals surface area contributed by atoms with Crippen LogP contribution in [0.1, 0.15) is 34.6 Å². The molecule has 0 saturated carbocycles. The molecule has 3 nitrogen and oxygen atoms in total. The Morgan fingerprint density at radius 2 is 2.08 bits per heavy atom. The van der Waals surface area contributed by atoms with Crippen LogP contribution in [0.4, 0.5) is 0 Å². The van der Waals surface area contributed by atoms with Crippen molar-refractivity contribution in [3.63, 3.8) is 0 Å². The third-order valence-corrected chi connectivity index (χ3v) is 6.17. The quantitative estimate of drug-likeness (QED) is 0.668. The summed E-state index contributed by atoms with van der Waals surface area (Å²) in [5.74, 6) is 0.375. The Morgan fingerprint density at radius 1 is 1.21 bits per heavy atom. The first kappa shape index (κ1) is 14.5. The van der Waals surface area contributed by atoms with Gasteiger partial charge in [-0.2, -0.15) is 0 Å². The van der Waals surface area contributed by atoms with Gasteiger partial charge in [0.2, 0.25) is 0 Å². The smallest absolute Gasteiger partial charge is 0.0939 e. The summed E-state index contributed by atoms with van der Waals surface area (Å²) in [4.78, 5) is 10.4. The summed E-state index contributed by atoms with van der Waals surface area (Å²) in [6.07, 6.45) is 5.17. The Kier molecular flexibility index (Phi) is 3.22. The SMILES string of the molecule is CN1CCc2cc(Cl)c3[nH]cnc3c2[C@H]2c3ccccc3CC[C@@H]21. The van der Waals surface area contributed by atoms with Crippen molar-refractivity contribution >= 4 is 22.6 Å². The molecule has 1 aliphatic heterocycles. The molecule has 0 radical (unpaired) electrons. The largest absolute Gasteiger partial charge is 0.343 e. The van der Waals surface area contributed by atoms with E-state index in [0.29, 0.717) is 12.0 Å². The zero-order valence-corrected chi connectivity index (χ0v) is 14.5. The van der Waals surface area contributed by atoms with Crippen LogP contribution in [0.15, 0.2) is 36.7 Å². The first-order chi connectivity index (χ1) is 11.7. The van der Waals surface area contributed by atoms with Crippen LogP contribution in [0, 0.1) is 0 Å². The molecule has 0 amide bonds. The fourth-order valence-corrected chi connectivity index (χ4v) is 4.99. The number of hydrogen-bond acceptors (Lipinski definition) is 2. The van der Waals surface area contributed by atoms with E-state index in [2.05, 4.69) is 52.2 Å². The number of aryl methyl sites for hydroxylation is 1. The standard InChI is InChI=1S/C20H20ClN3/c1-24-9-8-13-10-15(21)19-20(23-11-22-19)17(13)18-14-5-3-2-4-12(14)6-7-16(18)24/h2-5,10-11,16,18H,6-9H2,1H3,(H,22,23)/t16-,18-/m0/s1. The van der Waals surface area contributed by atoms with Gasteiger partial charge >= 0.3 is 0 Å². The molecule has 0 fully saturated rings. The van der Waals surface area contributed by atoms with E-state index in [-0.39, 0.29) is 0 Å². The number of H-pyrrole nitrogens is 1. The minimum Gasteiger partial charge on any atom is -0.343 e. The number of nitrogens with zero attached hydrogens (tertiary/aromatic N) is 2. The van der Waals surface area contributed by atoms with Crippen LogP contribution in [-0.4, -0.2) is 34.5 Å². The fraction of sp³-hybridized carbons (Fsp3) is 0.350. The number of halogens is 1. The average molecular weight is 338 g/mol. The number of aromatic amines is 1. The normalized spacial score (nSPS) is 23.4. The van der Waals surface area contributed by atoms with E-state index in [4.69, 9.17) is 11.6 Å². The molecule has 0 bridgehead atoms. The second kappa shape index (κ2) is 5.33. The third kappa shape index (κ3) is 1.98. The van der Waals surface area contributed by atoms with Crippen molar-refractivity contribution in [2.45, 2.75) is 31.2 Å². The zero-order valence-electron chi connectivity index (χ0n) is 13.7. The molecule has 1 aromatic heterocycles. The Bertz CT molecular complexity index is 930. The van der Waals surface area contributed by atoms with Gasteiger partial charge in [0.15, 0.2) is 0 Å². The molecule has 1 aliphatic carbocycles. The summed E-state index contributed by atoms with van der Waals surface area (Å²) in [6, 6.07) is 11.6. The van der Waals surface area contributed by atoms with Crippen LogP contribution in [0.3, 0.4) is 0 Å². The number of benzene rings is 2. The number of likely N-dealkylation sites (N-methyl/N-ethyl adjacent to an activating group) is 1. The second-order valence-electron chi connectivity index (χ2n) is 7.07. The lowest BCUT2D eigenvalue weighted by Gasteiger charge is -2.38. The molecular weight excluding hydrogens is 318 g/mol. The first-order valence-corrected chi connectivity index (χ1v) is 9.04. The van der Waals surface area contributed by atoms with Gasteiger partial charge in [-0.1, -0.05) is 35.9 Å². The van der Waals surface area contributed by atoms with Crippen molar-refractivity contribution in [1.29, 1.82) is 0 Å². The molecule has 5 rings (SSSR count). The highest BCUT2D eigenvalue weighted by Gasteiger charge is 2.38. The fourth-order valence-electron chi connectivity index (χ4n) is 4.72. The maximum absolute atomic E-state index is 6.52. The van der Waals surface area contributed by atoms with E-state index < -0.39 is 0 Å². The van der Waals surface area contributed by atoms with Crippen LogP contribution in [0.2, 0.25) is 5.02 Å². The first-order valence-electron chi connectivity index (χ1n) is 8.66. The van der Waals surface area contributed by atoms with Crippen molar-refractivity contribution in [2.24, 2.45) is 0 Å². The van der Waals surface area contributed by atoms with Gasteiger partial charge in [0.1, 0.15) is 0 Å². The molecule has 24 heavy (non-hydrogen) atoms. The van der Waals surface area contributed by atoms with Crippen molar-refractivity contribution in [3.05, 3.63) is 63.9 Å². The maximum Gasteiger partial charge on any atom is 0.0939 e. The van der Waals surface area contributed by atoms with Gasteiger partial charge in [0.25, 0.3) is 0 Å². The second-order valence-corrected chi connectivity index (χ2v) is 7.48. The molecule has 122 valence electrons. The van der Waals surface area contributed by atoms with Crippen LogP contribution in [0.5, 0.6) is 0 Å². The van der Waals surface area contributed by atoms with Gasteiger partial charge in [-0.25, -0.2) is 4.98 Å². The summed E-state index contributed by atoms with van der Waals surface area (Å²) < 4.78 is 0. The van der Waals surface area contributed by atoms with Crippen molar-refractivity contribution < 1.29 is 0 Å². The molecule has 2 aromatic carbocycles. The minimum absolute atomic E-state index is 0.375. The third-order valence-electron chi connectivity index (χ3n) is 5.88. The number of aromatic nitrogens is 2. The molecule has 0 saturated heterocycles. The summed E-state index contributed by atoms with van der Waals surface area (Å²) >= 11 is 6.52. The number of imidazole rings is 1. The van der Waals surface area contributed by atoms with Gasteiger partial charge < -0.3 is 9.88 Å². The number of fused-ring (bicyclic) bond motifs is 7. The van der Waals surface area contributed by atoms with Gasteiger partial charge in [-0.15, -0.1) is 0 Å². The summed E-state index contributed by atoms with van der Waals surface area (Å²) in [5, 5.41) is 0.784. The Hall–Kier alpha value is -1.84. The predicted octanol–water partition coefficient (Wildman–Crippen LogP) is 4.15. The number of nitrogens with one attached hydrogen (secondary N) is 1. The molecule has 4 heteroatoms. The Labute approximate surface area is 146 Å². The summed E-state index contributed by atoms with van der Waals surface area (Å²) in [5.41, 5.74) is 7.73. The van der Waals surface area contributed by atoms with Crippen LogP contribution in [-0.2, 0) is 12.8 Å². The van der Waals surface area contributed by atoms with Crippen LogP contribution >= 0.6 is 11.6 Å². The van der Waals surface area contributed by atoms with Crippen LogP contribution < -0.4 is 0 Å². The monoisotopic (exact) mass is 337 g/mol. The Balaban J connectivity index is 1.84. The molecule has 0 spiro atoms. The van der Waals surface area contributed by atoms with E-state index in [1.807, 2.05) is 0 Å². The minimum atomic E-state index is 0.375. The molecule has 0 unspecified atom stereocenters. The van der Waals surface area contributed by atoms with Gasteiger partial charge in [0.05, 0.1) is 22.4 Å².